The highest BCUT2D eigenvalue weighted by molar-refractivity contribution is 7.85. The molecule has 3 nitrogen and oxygen atoms in total. The lowest BCUT2D eigenvalue weighted by Gasteiger charge is -2.37. The molecule has 2 rings (SSSR count). The molecule has 1 aliphatic heterocycles. The molecule has 1 aliphatic rings. The van der Waals surface area contributed by atoms with Gasteiger partial charge >= 0.3 is 0 Å². The zero-order chi connectivity index (χ0) is 16.2. The van der Waals surface area contributed by atoms with E-state index in [0.717, 1.165) is 33.1 Å². The molecule has 1 heterocycles. The summed E-state index contributed by atoms with van der Waals surface area (Å²) < 4.78 is 24.3. The highest BCUT2D eigenvalue weighted by Gasteiger charge is 2.40. The van der Waals surface area contributed by atoms with Gasteiger partial charge in [-0.2, -0.15) is 0 Å². The van der Waals surface area contributed by atoms with Crippen molar-refractivity contribution < 1.29 is 13.4 Å². The zero-order valence-electron chi connectivity index (χ0n) is 14.3. The van der Waals surface area contributed by atoms with E-state index in [0.29, 0.717) is 0 Å². The molecule has 0 saturated heterocycles. The molecular formula is C16H26O3SSi. The smallest absolute Gasteiger partial charge is 0.250 e. The topological polar surface area (TPSA) is 35.5 Å². The van der Waals surface area contributed by atoms with Gasteiger partial charge in [0.05, 0.1) is 15.7 Å². The van der Waals surface area contributed by atoms with E-state index in [1.807, 2.05) is 13.8 Å². The molecule has 21 heavy (non-hydrogen) atoms. The van der Waals surface area contributed by atoms with Gasteiger partial charge in [0.1, 0.15) is 11.5 Å². The molecule has 0 radical (unpaired) electrons. The normalized spacial score (nSPS) is 18.4. The Bertz CT molecular complexity index is 615. The molecule has 118 valence electrons. The number of hydrogen-bond donors (Lipinski definition) is 0. The van der Waals surface area contributed by atoms with E-state index in [9.17, 15) is 4.21 Å². The number of ether oxygens (including phenoxy) is 1. The summed E-state index contributed by atoms with van der Waals surface area (Å²) in [5, 5.41) is 0.133. The predicted molar refractivity (Wildman–Crippen MR) is 90.4 cm³/mol. The number of hydrogen-bond acceptors (Lipinski definition) is 3. The van der Waals surface area contributed by atoms with Gasteiger partial charge in [0.15, 0.2) is 5.94 Å². The molecule has 0 fully saturated rings. The van der Waals surface area contributed by atoms with Crippen molar-refractivity contribution >= 4 is 19.1 Å². The van der Waals surface area contributed by atoms with Crippen LogP contribution in [0.4, 0.5) is 0 Å². The molecule has 1 atom stereocenters. The first-order valence-corrected chi connectivity index (χ1v) is 11.5. The zero-order valence-corrected chi connectivity index (χ0v) is 16.2. The minimum Gasteiger partial charge on any atom is -0.543 e. The Hall–Kier alpha value is -0.813. The average molecular weight is 327 g/mol. The molecule has 0 amide bonds. The van der Waals surface area contributed by atoms with Crippen LogP contribution in [-0.4, -0.2) is 18.5 Å². The Morgan fingerprint density at radius 1 is 1.10 bits per heavy atom. The number of benzene rings is 1. The Labute approximate surface area is 131 Å². The summed E-state index contributed by atoms with van der Waals surface area (Å²) in [5.74, 6) is 1.97. The van der Waals surface area contributed by atoms with Crippen molar-refractivity contribution in [2.45, 2.75) is 64.6 Å². The lowest BCUT2D eigenvalue weighted by Crippen LogP contribution is -2.44. The Kier molecular flexibility index (Phi) is 4.04. The predicted octanol–water partition coefficient (Wildman–Crippen LogP) is 4.45. The molecule has 5 heteroatoms. The summed E-state index contributed by atoms with van der Waals surface area (Å²) in [6.07, 6.45) is 0. The molecule has 0 aromatic heterocycles. The minimum absolute atomic E-state index is 0.133. The third-order valence-electron chi connectivity index (χ3n) is 4.83. The fourth-order valence-corrected chi connectivity index (χ4v) is 4.56. The van der Waals surface area contributed by atoms with Crippen LogP contribution in [0.2, 0.25) is 18.1 Å². The van der Waals surface area contributed by atoms with Crippen LogP contribution in [0.25, 0.3) is 0 Å². The van der Waals surface area contributed by atoms with E-state index in [1.54, 1.807) is 0 Å². The Balaban J connectivity index is 2.59. The van der Waals surface area contributed by atoms with Gasteiger partial charge in [-0.25, -0.2) is 0 Å². The van der Waals surface area contributed by atoms with Crippen molar-refractivity contribution in [1.29, 1.82) is 0 Å². The van der Waals surface area contributed by atoms with E-state index in [-0.39, 0.29) is 11.0 Å². The van der Waals surface area contributed by atoms with Gasteiger partial charge in [-0.15, -0.1) is 0 Å². The Morgan fingerprint density at radius 2 is 1.67 bits per heavy atom. The average Bonchev–Trinajstić information content (AvgIpc) is 2.73. The van der Waals surface area contributed by atoms with E-state index in [4.69, 9.17) is 9.16 Å². The van der Waals surface area contributed by atoms with Gasteiger partial charge in [0, 0.05) is 5.56 Å². The summed E-state index contributed by atoms with van der Waals surface area (Å²) in [4.78, 5) is 0.826. The van der Waals surface area contributed by atoms with Crippen LogP contribution in [-0.2, 0) is 10.8 Å². The second kappa shape index (κ2) is 5.13. The molecule has 1 aromatic carbocycles. The first kappa shape index (κ1) is 16.6. The van der Waals surface area contributed by atoms with Gasteiger partial charge in [0.2, 0.25) is 0 Å². The standard InChI is InChI=1S/C16H26O3SSi/c1-10-11(2)14-15(20(17)9-18-14)12(3)13(10)19-21(7,8)16(4,5)6/h9H2,1-8H3. The lowest BCUT2D eigenvalue weighted by atomic mass is 10.0. The summed E-state index contributed by atoms with van der Waals surface area (Å²) in [6.45, 7) is 17.2. The van der Waals surface area contributed by atoms with Crippen molar-refractivity contribution in [3.63, 3.8) is 0 Å². The quantitative estimate of drug-likeness (QED) is 0.753. The summed E-state index contributed by atoms with van der Waals surface area (Å²) >= 11 is 0. The van der Waals surface area contributed by atoms with Crippen LogP contribution >= 0.6 is 0 Å². The van der Waals surface area contributed by atoms with E-state index in [2.05, 4.69) is 40.8 Å². The molecule has 0 spiro atoms. The van der Waals surface area contributed by atoms with E-state index in [1.165, 1.54) is 0 Å². The molecule has 0 aliphatic carbocycles. The second-order valence-corrected chi connectivity index (χ2v) is 13.4. The number of rotatable bonds is 2. The first-order chi connectivity index (χ1) is 9.47. The fourth-order valence-electron chi connectivity index (χ4n) is 2.25. The summed E-state index contributed by atoms with van der Waals surface area (Å²) in [6, 6.07) is 0. The van der Waals surface area contributed by atoms with Crippen molar-refractivity contribution in [2.75, 3.05) is 5.94 Å². The highest BCUT2D eigenvalue weighted by Crippen LogP contribution is 2.45. The van der Waals surface area contributed by atoms with Crippen molar-refractivity contribution in [2.24, 2.45) is 0 Å². The molecule has 0 N–H and O–H groups in total. The van der Waals surface area contributed by atoms with Gasteiger partial charge in [-0.1, -0.05) is 20.8 Å². The van der Waals surface area contributed by atoms with Gasteiger partial charge in [0.25, 0.3) is 8.32 Å². The molecular weight excluding hydrogens is 300 g/mol. The van der Waals surface area contributed by atoms with Gasteiger partial charge < -0.3 is 9.16 Å². The maximum absolute atomic E-state index is 12.2. The minimum atomic E-state index is -1.93. The van der Waals surface area contributed by atoms with Crippen molar-refractivity contribution in [1.82, 2.24) is 0 Å². The summed E-state index contributed by atoms with van der Waals surface area (Å²) in [7, 11) is -3.00. The van der Waals surface area contributed by atoms with Crippen LogP contribution in [0, 0.1) is 20.8 Å². The molecule has 1 aromatic rings. The fraction of sp³-hybridized carbons (Fsp3) is 0.625. The van der Waals surface area contributed by atoms with Crippen molar-refractivity contribution in [3.05, 3.63) is 16.7 Å². The maximum Gasteiger partial charge on any atom is 0.250 e. The van der Waals surface area contributed by atoms with Crippen LogP contribution in [0.15, 0.2) is 4.90 Å². The molecule has 1 unspecified atom stereocenters. The summed E-state index contributed by atoms with van der Waals surface area (Å²) in [5.41, 5.74) is 3.14. The third-order valence-corrected chi connectivity index (χ3v) is 10.4. The maximum atomic E-state index is 12.2. The number of fused-ring (bicyclic) bond motifs is 1. The molecule has 0 bridgehead atoms. The van der Waals surface area contributed by atoms with Gasteiger partial charge in [-0.05, 0) is 50.0 Å². The van der Waals surface area contributed by atoms with Crippen LogP contribution in [0.1, 0.15) is 37.5 Å². The first-order valence-electron chi connectivity index (χ1n) is 7.31. The van der Waals surface area contributed by atoms with Crippen LogP contribution < -0.4 is 9.16 Å². The monoisotopic (exact) mass is 326 g/mol. The lowest BCUT2D eigenvalue weighted by molar-refractivity contribution is 0.389. The van der Waals surface area contributed by atoms with Gasteiger partial charge in [-0.3, -0.25) is 4.21 Å². The van der Waals surface area contributed by atoms with Crippen molar-refractivity contribution in [3.8, 4) is 11.5 Å². The van der Waals surface area contributed by atoms with E-state index >= 15 is 0 Å². The third kappa shape index (κ3) is 2.66. The SMILES string of the molecule is Cc1c(C)c2c(c(C)c1O[Si](C)(C)C(C)(C)C)S(=O)CO2. The Morgan fingerprint density at radius 3 is 2.19 bits per heavy atom. The molecule has 0 saturated carbocycles. The van der Waals surface area contributed by atoms with E-state index < -0.39 is 19.1 Å². The van der Waals surface area contributed by atoms with Crippen LogP contribution in [0.3, 0.4) is 0 Å². The highest BCUT2D eigenvalue weighted by atomic mass is 32.2. The second-order valence-electron chi connectivity index (χ2n) is 7.33. The largest absolute Gasteiger partial charge is 0.543 e. The van der Waals surface area contributed by atoms with Crippen LogP contribution in [0.5, 0.6) is 11.5 Å².